The van der Waals surface area contributed by atoms with Crippen molar-refractivity contribution in [3.63, 3.8) is 0 Å². The Balaban J connectivity index is 2.59. The fourth-order valence-corrected chi connectivity index (χ4v) is 2.05. The lowest BCUT2D eigenvalue weighted by molar-refractivity contribution is 0.690. The highest BCUT2D eigenvalue weighted by Crippen LogP contribution is 2.28. The summed E-state index contributed by atoms with van der Waals surface area (Å²) in [5.74, 6) is 0. The van der Waals surface area contributed by atoms with Crippen LogP contribution in [0, 0.1) is 0 Å². The van der Waals surface area contributed by atoms with Gasteiger partial charge in [0, 0.05) is 17.8 Å². The van der Waals surface area contributed by atoms with Crippen LogP contribution in [0.5, 0.6) is 0 Å². The maximum atomic E-state index is 11.0. The zero-order valence-corrected chi connectivity index (χ0v) is 9.08. The van der Waals surface area contributed by atoms with Crippen molar-refractivity contribution in [2.75, 3.05) is 11.0 Å². The molecule has 1 atom stereocenters. The van der Waals surface area contributed by atoms with Crippen molar-refractivity contribution >= 4 is 39.2 Å². The Morgan fingerprint density at radius 3 is 3.00 bits per heavy atom. The Kier molecular flexibility index (Phi) is 2.48. The van der Waals surface area contributed by atoms with Gasteiger partial charge in [-0.1, -0.05) is 23.7 Å². The first kappa shape index (κ1) is 9.55. The number of para-hydroxylation sites is 1. The van der Waals surface area contributed by atoms with Gasteiger partial charge < -0.3 is 9.71 Å². The van der Waals surface area contributed by atoms with E-state index >= 15 is 0 Å². The van der Waals surface area contributed by atoms with Crippen LogP contribution in [0.25, 0.3) is 10.9 Å². The van der Waals surface area contributed by atoms with E-state index in [1.54, 1.807) is 12.5 Å². The first-order valence-electron chi connectivity index (χ1n) is 4.04. The molecular weight excluding hydrogens is 220 g/mol. The smallest absolute Gasteiger partial charge is 0.114 e. The molecule has 3 nitrogen and oxygen atoms in total. The van der Waals surface area contributed by atoms with E-state index in [-0.39, 0.29) is 0 Å². The minimum atomic E-state index is -1.08. The molecule has 0 aliphatic heterocycles. The average Bonchev–Trinajstić information content (AvgIpc) is 2.49. The Hall–Kier alpha value is -1.00. The molecule has 2 N–H and O–H groups in total. The molecule has 0 radical (unpaired) electrons. The van der Waals surface area contributed by atoms with Crippen molar-refractivity contribution in [3.05, 3.63) is 29.4 Å². The molecule has 2 rings (SSSR count). The number of rotatable bonds is 2. The van der Waals surface area contributed by atoms with Gasteiger partial charge in [0.1, 0.15) is 11.0 Å². The molecule has 14 heavy (non-hydrogen) atoms. The van der Waals surface area contributed by atoms with Gasteiger partial charge in [-0.15, -0.1) is 0 Å². The summed E-state index contributed by atoms with van der Waals surface area (Å²) in [4.78, 5) is 3.03. The van der Waals surface area contributed by atoms with E-state index in [2.05, 4.69) is 9.71 Å². The predicted molar refractivity (Wildman–Crippen MR) is 61.0 cm³/mol. The number of hydrogen-bond acceptors (Lipinski definition) is 1. The van der Waals surface area contributed by atoms with Gasteiger partial charge in [0.15, 0.2) is 0 Å². The third-order valence-corrected chi connectivity index (χ3v) is 2.74. The lowest BCUT2D eigenvalue weighted by Gasteiger charge is -2.03. The van der Waals surface area contributed by atoms with E-state index < -0.39 is 11.0 Å². The highest BCUT2D eigenvalue weighted by atomic mass is 35.5. The monoisotopic (exact) mass is 228 g/mol. The lowest BCUT2D eigenvalue weighted by Crippen LogP contribution is -2.01. The molecule has 0 saturated heterocycles. The van der Waals surface area contributed by atoms with Gasteiger partial charge in [0.2, 0.25) is 0 Å². The van der Waals surface area contributed by atoms with Gasteiger partial charge in [-0.05, 0) is 6.07 Å². The third kappa shape index (κ3) is 1.63. The number of nitrogens with one attached hydrogen (secondary N) is 2. The Bertz CT molecular complexity index is 495. The van der Waals surface area contributed by atoms with Crippen LogP contribution >= 0.6 is 11.6 Å². The van der Waals surface area contributed by atoms with Gasteiger partial charge in [-0.25, -0.2) is 4.21 Å². The quantitative estimate of drug-likeness (QED) is 0.815. The molecule has 1 aromatic heterocycles. The van der Waals surface area contributed by atoms with Crippen LogP contribution < -0.4 is 4.72 Å². The zero-order chi connectivity index (χ0) is 10.1. The molecule has 0 fully saturated rings. The molecule has 1 unspecified atom stereocenters. The largest absolute Gasteiger partial charge is 0.358 e. The Morgan fingerprint density at radius 2 is 2.29 bits per heavy atom. The van der Waals surface area contributed by atoms with Crippen LogP contribution in [0.2, 0.25) is 5.02 Å². The standard InChI is InChI=1S/C9H9ClN2OS/c1-14(13)12-8-4-2-3-6-7(10)5-11-9(6)8/h2-5,11-12H,1H3. The summed E-state index contributed by atoms with van der Waals surface area (Å²) in [5.41, 5.74) is 1.68. The van der Waals surface area contributed by atoms with E-state index in [0.717, 1.165) is 16.6 Å². The number of halogens is 1. The first-order valence-corrected chi connectivity index (χ1v) is 5.98. The summed E-state index contributed by atoms with van der Waals surface area (Å²) in [6, 6.07) is 5.64. The topological polar surface area (TPSA) is 44.9 Å². The predicted octanol–water partition coefficient (Wildman–Crippen LogP) is 2.53. The number of aromatic nitrogens is 1. The minimum Gasteiger partial charge on any atom is -0.358 e. The number of anilines is 1. The molecule has 2 aromatic rings. The Morgan fingerprint density at radius 1 is 1.50 bits per heavy atom. The van der Waals surface area contributed by atoms with Gasteiger partial charge in [-0.2, -0.15) is 0 Å². The molecule has 0 amide bonds. The molecule has 1 heterocycles. The summed E-state index contributed by atoms with van der Waals surface area (Å²) >= 11 is 5.95. The van der Waals surface area contributed by atoms with Crippen LogP contribution in [0.3, 0.4) is 0 Å². The molecule has 1 aromatic carbocycles. The first-order chi connectivity index (χ1) is 6.68. The van der Waals surface area contributed by atoms with Crippen LogP contribution in [0.1, 0.15) is 0 Å². The fraction of sp³-hybridized carbons (Fsp3) is 0.111. The molecule has 0 aliphatic carbocycles. The van der Waals surface area contributed by atoms with Gasteiger partial charge >= 0.3 is 0 Å². The lowest BCUT2D eigenvalue weighted by atomic mass is 10.2. The van der Waals surface area contributed by atoms with Crippen molar-refractivity contribution in [1.29, 1.82) is 0 Å². The second kappa shape index (κ2) is 3.63. The summed E-state index contributed by atoms with van der Waals surface area (Å²) in [7, 11) is -1.08. The van der Waals surface area contributed by atoms with E-state index in [4.69, 9.17) is 11.6 Å². The second-order valence-electron chi connectivity index (χ2n) is 2.92. The van der Waals surface area contributed by atoms with Crippen LogP contribution in [-0.2, 0) is 11.0 Å². The van der Waals surface area contributed by atoms with Gasteiger partial charge in [0.25, 0.3) is 0 Å². The van der Waals surface area contributed by atoms with Crippen molar-refractivity contribution < 1.29 is 4.21 Å². The SMILES string of the molecule is CS(=O)Nc1cccc2c(Cl)c[nH]c12. The molecule has 0 spiro atoms. The normalized spacial score (nSPS) is 13.0. The van der Waals surface area contributed by atoms with Gasteiger partial charge in [-0.3, -0.25) is 0 Å². The molecule has 5 heteroatoms. The third-order valence-electron chi connectivity index (χ3n) is 1.92. The highest BCUT2D eigenvalue weighted by molar-refractivity contribution is 7.85. The van der Waals surface area contributed by atoms with Crippen molar-refractivity contribution in [2.24, 2.45) is 0 Å². The summed E-state index contributed by atoms with van der Waals surface area (Å²) < 4.78 is 13.9. The van der Waals surface area contributed by atoms with Crippen LogP contribution in [-0.4, -0.2) is 15.4 Å². The van der Waals surface area contributed by atoms with Gasteiger partial charge in [0.05, 0.1) is 16.2 Å². The minimum absolute atomic E-state index is 0.672. The molecule has 0 aliphatic rings. The van der Waals surface area contributed by atoms with Crippen LogP contribution in [0.4, 0.5) is 5.69 Å². The van der Waals surface area contributed by atoms with E-state index in [0.29, 0.717) is 5.02 Å². The van der Waals surface area contributed by atoms with E-state index in [1.165, 1.54) is 0 Å². The maximum Gasteiger partial charge on any atom is 0.114 e. The number of hydrogen-bond donors (Lipinski definition) is 2. The summed E-state index contributed by atoms with van der Waals surface area (Å²) in [6.45, 7) is 0. The number of fused-ring (bicyclic) bond motifs is 1. The van der Waals surface area contributed by atoms with E-state index in [1.807, 2.05) is 18.2 Å². The second-order valence-corrected chi connectivity index (χ2v) is 4.44. The average molecular weight is 229 g/mol. The van der Waals surface area contributed by atoms with Crippen molar-refractivity contribution in [3.8, 4) is 0 Å². The molecular formula is C9H9ClN2OS. The molecule has 74 valence electrons. The number of H-pyrrole nitrogens is 1. The van der Waals surface area contributed by atoms with Crippen molar-refractivity contribution in [2.45, 2.75) is 0 Å². The van der Waals surface area contributed by atoms with Crippen LogP contribution in [0.15, 0.2) is 24.4 Å². The maximum absolute atomic E-state index is 11.0. The number of benzene rings is 1. The number of aromatic amines is 1. The molecule has 0 bridgehead atoms. The Labute approximate surface area is 89.0 Å². The van der Waals surface area contributed by atoms with Crippen molar-refractivity contribution in [1.82, 2.24) is 4.98 Å². The summed E-state index contributed by atoms with van der Waals surface area (Å²) in [6.07, 6.45) is 3.30. The van der Waals surface area contributed by atoms with E-state index in [9.17, 15) is 4.21 Å². The zero-order valence-electron chi connectivity index (χ0n) is 7.50. The molecule has 0 saturated carbocycles. The summed E-state index contributed by atoms with van der Waals surface area (Å²) in [5, 5.41) is 1.60. The highest BCUT2D eigenvalue weighted by Gasteiger charge is 2.05. The fourth-order valence-electron chi connectivity index (χ4n) is 1.36.